The number of esters is 1. The molecule has 2 rings (SSSR count). The topological polar surface area (TPSA) is 52.3 Å². The molecule has 0 amide bonds. The zero-order chi connectivity index (χ0) is 12.4. The molecule has 92 valence electrons. The number of halogens is 2. The van der Waals surface area contributed by atoms with Crippen LogP contribution >= 0.6 is 0 Å². The minimum Gasteiger partial charge on any atom is -0.459 e. The first-order valence-electron chi connectivity index (χ1n) is 5.53. The molecule has 0 spiro atoms. The van der Waals surface area contributed by atoms with Gasteiger partial charge < -0.3 is 10.5 Å². The third-order valence-electron chi connectivity index (χ3n) is 2.89. The first-order chi connectivity index (χ1) is 8.08. The average molecular weight is 241 g/mol. The molecule has 1 aromatic carbocycles. The van der Waals surface area contributed by atoms with Crippen molar-refractivity contribution < 1.29 is 18.3 Å². The number of ether oxygens (including phenoxy) is 1. The van der Waals surface area contributed by atoms with E-state index in [9.17, 15) is 13.6 Å². The summed E-state index contributed by atoms with van der Waals surface area (Å²) < 4.78 is 31.0. The van der Waals surface area contributed by atoms with Gasteiger partial charge in [0.1, 0.15) is 6.10 Å². The Labute approximate surface area is 97.6 Å². The molecule has 3 nitrogen and oxygen atoms in total. The Hall–Kier alpha value is -1.65. The first kappa shape index (κ1) is 11.8. The quantitative estimate of drug-likeness (QED) is 0.639. The summed E-state index contributed by atoms with van der Waals surface area (Å²) in [6.07, 6.45) is 3.54. The molecule has 0 bridgehead atoms. The normalized spacial score (nSPS) is 16.1. The fourth-order valence-corrected chi connectivity index (χ4v) is 1.96. The van der Waals surface area contributed by atoms with Crippen LogP contribution in [0.3, 0.4) is 0 Å². The van der Waals surface area contributed by atoms with Gasteiger partial charge in [-0.15, -0.1) is 0 Å². The van der Waals surface area contributed by atoms with Crippen LogP contribution in [0.5, 0.6) is 0 Å². The molecule has 0 aromatic heterocycles. The highest BCUT2D eigenvalue weighted by Gasteiger charge is 2.22. The van der Waals surface area contributed by atoms with Crippen LogP contribution in [-0.4, -0.2) is 12.1 Å². The molecular formula is C12H13F2NO2. The van der Waals surface area contributed by atoms with E-state index in [0.29, 0.717) is 0 Å². The smallest absolute Gasteiger partial charge is 0.340 e. The van der Waals surface area contributed by atoms with Crippen molar-refractivity contribution in [1.82, 2.24) is 0 Å². The third kappa shape index (κ3) is 2.54. The van der Waals surface area contributed by atoms with E-state index in [2.05, 4.69) is 0 Å². The number of carbonyl (C=O) groups excluding carboxylic acids is 1. The SMILES string of the molecule is Nc1cc(F)c(F)cc1C(=O)OC1CCCC1. The number of carbonyl (C=O) groups is 1. The first-order valence-corrected chi connectivity index (χ1v) is 5.53. The van der Waals surface area contributed by atoms with Crippen molar-refractivity contribution in [2.75, 3.05) is 5.73 Å². The highest BCUT2D eigenvalue weighted by molar-refractivity contribution is 5.95. The molecule has 1 fully saturated rings. The van der Waals surface area contributed by atoms with E-state index in [-0.39, 0.29) is 17.4 Å². The van der Waals surface area contributed by atoms with Crippen molar-refractivity contribution in [3.63, 3.8) is 0 Å². The number of hydrogen-bond acceptors (Lipinski definition) is 3. The van der Waals surface area contributed by atoms with Gasteiger partial charge in [0.15, 0.2) is 11.6 Å². The molecule has 0 aliphatic heterocycles. The maximum absolute atomic E-state index is 13.0. The van der Waals surface area contributed by atoms with Gasteiger partial charge in [-0.1, -0.05) is 0 Å². The van der Waals surface area contributed by atoms with Gasteiger partial charge in [-0.2, -0.15) is 0 Å². The van der Waals surface area contributed by atoms with Crippen LogP contribution in [0.1, 0.15) is 36.0 Å². The average Bonchev–Trinajstić information content (AvgIpc) is 2.76. The molecule has 17 heavy (non-hydrogen) atoms. The van der Waals surface area contributed by atoms with Gasteiger partial charge in [-0.25, -0.2) is 13.6 Å². The Morgan fingerprint density at radius 2 is 1.82 bits per heavy atom. The van der Waals surface area contributed by atoms with Crippen molar-refractivity contribution in [1.29, 1.82) is 0 Å². The van der Waals surface area contributed by atoms with E-state index in [1.807, 2.05) is 0 Å². The van der Waals surface area contributed by atoms with Crippen LogP contribution in [0.4, 0.5) is 14.5 Å². The zero-order valence-corrected chi connectivity index (χ0v) is 9.21. The van der Waals surface area contributed by atoms with E-state index in [1.165, 1.54) is 0 Å². The summed E-state index contributed by atoms with van der Waals surface area (Å²) in [6, 6.07) is 1.57. The molecule has 1 aromatic rings. The van der Waals surface area contributed by atoms with Crippen LogP contribution in [-0.2, 0) is 4.74 Å². The predicted octanol–water partition coefficient (Wildman–Crippen LogP) is 2.65. The standard InChI is InChI=1S/C12H13F2NO2/c13-9-5-8(11(15)6-10(9)14)12(16)17-7-3-1-2-4-7/h5-7H,1-4,15H2. The highest BCUT2D eigenvalue weighted by Crippen LogP contribution is 2.24. The lowest BCUT2D eigenvalue weighted by atomic mass is 10.1. The molecule has 0 unspecified atom stereocenters. The highest BCUT2D eigenvalue weighted by atomic mass is 19.2. The van der Waals surface area contributed by atoms with Crippen molar-refractivity contribution in [3.8, 4) is 0 Å². The van der Waals surface area contributed by atoms with Crippen molar-refractivity contribution >= 4 is 11.7 Å². The van der Waals surface area contributed by atoms with E-state index in [4.69, 9.17) is 10.5 Å². The molecule has 0 atom stereocenters. The van der Waals surface area contributed by atoms with Gasteiger partial charge in [0.25, 0.3) is 0 Å². The van der Waals surface area contributed by atoms with Gasteiger partial charge in [0.05, 0.1) is 5.56 Å². The second-order valence-corrected chi connectivity index (χ2v) is 4.17. The number of rotatable bonds is 2. The Morgan fingerprint density at radius 1 is 1.24 bits per heavy atom. The summed E-state index contributed by atoms with van der Waals surface area (Å²) in [5.74, 6) is -2.86. The lowest BCUT2D eigenvalue weighted by Gasteiger charge is -2.12. The molecule has 5 heteroatoms. The molecule has 1 saturated carbocycles. The summed E-state index contributed by atoms with van der Waals surface area (Å²) in [4.78, 5) is 11.7. The zero-order valence-electron chi connectivity index (χ0n) is 9.21. The van der Waals surface area contributed by atoms with Crippen LogP contribution in [0.15, 0.2) is 12.1 Å². The summed E-state index contributed by atoms with van der Waals surface area (Å²) in [6.45, 7) is 0. The third-order valence-corrected chi connectivity index (χ3v) is 2.89. The van der Waals surface area contributed by atoms with Gasteiger partial charge in [0, 0.05) is 11.8 Å². The maximum atomic E-state index is 13.0. The molecule has 0 heterocycles. The van der Waals surface area contributed by atoms with Crippen molar-refractivity contribution in [2.24, 2.45) is 0 Å². The lowest BCUT2D eigenvalue weighted by molar-refractivity contribution is 0.0318. The van der Waals surface area contributed by atoms with E-state index in [1.54, 1.807) is 0 Å². The van der Waals surface area contributed by atoms with E-state index < -0.39 is 17.6 Å². The molecule has 0 radical (unpaired) electrons. The second kappa shape index (κ2) is 4.69. The molecule has 2 N–H and O–H groups in total. The fraction of sp³-hybridized carbons (Fsp3) is 0.417. The Morgan fingerprint density at radius 3 is 2.47 bits per heavy atom. The minimum absolute atomic E-state index is 0.105. The Kier molecular flexibility index (Phi) is 3.26. The number of benzene rings is 1. The lowest BCUT2D eigenvalue weighted by Crippen LogP contribution is -2.16. The Bertz CT molecular complexity index is 442. The van der Waals surface area contributed by atoms with E-state index >= 15 is 0 Å². The van der Waals surface area contributed by atoms with Gasteiger partial charge in [-0.05, 0) is 31.7 Å². The van der Waals surface area contributed by atoms with Crippen molar-refractivity contribution in [3.05, 3.63) is 29.3 Å². The van der Waals surface area contributed by atoms with Gasteiger partial charge >= 0.3 is 5.97 Å². The number of anilines is 1. The molecule has 1 aliphatic carbocycles. The number of hydrogen-bond donors (Lipinski definition) is 1. The van der Waals surface area contributed by atoms with Crippen LogP contribution < -0.4 is 5.73 Å². The molecular weight excluding hydrogens is 228 g/mol. The summed E-state index contributed by atoms with van der Waals surface area (Å²) in [7, 11) is 0. The second-order valence-electron chi connectivity index (χ2n) is 4.17. The predicted molar refractivity (Wildman–Crippen MR) is 58.4 cm³/mol. The van der Waals surface area contributed by atoms with Gasteiger partial charge in [0.2, 0.25) is 0 Å². The van der Waals surface area contributed by atoms with Gasteiger partial charge in [-0.3, -0.25) is 0 Å². The monoisotopic (exact) mass is 241 g/mol. The summed E-state index contributed by atoms with van der Waals surface area (Å²) >= 11 is 0. The summed E-state index contributed by atoms with van der Waals surface area (Å²) in [5.41, 5.74) is 5.24. The van der Waals surface area contributed by atoms with E-state index in [0.717, 1.165) is 37.8 Å². The summed E-state index contributed by atoms with van der Waals surface area (Å²) in [5, 5.41) is 0. The van der Waals surface area contributed by atoms with Crippen LogP contribution in [0, 0.1) is 11.6 Å². The van der Waals surface area contributed by atoms with Crippen molar-refractivity contribution in [2.45, 2.75) is 31.8 Å². The molecule has 1 aliphatic rings. The van der Waals surface area contributed by atoms with Crippen LogP contribution in [0.25, 0.3) is 0 Å². The maximum Gasteiger partial charge on any atom is 0.340 e. The number of nitrogen functional groups attached to an aromatic ring is 1. The fourth-order valence-electron chi connectivity index (χ4n) is 1.96. The van der Waals surface area contributed by atoms with Crippen LogP contribution in [0.2, 0.25) is 0 Å². The number of nitrogens with two attached hydrogens (primary N) is 1. The minimum atomic E-state index is -1.10. The molecule has 0 saturated heterocycles. The Balaban J connectivity index is 2.15. The largest absolute Gasteiger partial charge is 0.459 e.